The van der Waals surface area contributed by atoms with E-state index in [2.05, 4.69) is 56.6 Å². The lowest BCUT2D eigenvalue weighted by atomic mass is 9.78. The molecule has 192 valence electrons. The maximum Gasteiger partial charge on any atom is 0.240 e. The quantitative estimate of drug-likeness (QED) is 0.275. The summed E-state index contributed by atoms with van der Waals surface area (Å²) in [6.45, 7) is 16.6. The summed E-state index contributed by atoms with van der Waals surface area (Å²) in [7, 11) is 0. The first-order valence-electron chi connectivity index (χ1n) is 12.3. The summed E-state index contributed by atoms with van der Waals surface area (Å²) < 4.78 is 2.11. The van der Waals surface area contributed by atoms with Gasteiger partial charge in [-0.05, 0) is 72.1 Å². The fourth-order valence-corrected chi connectivity index (χ4v) is 4.58. The number of benzene rings is 2. The molecule has 0 aliphatic carbocycles. The van der Waals surface area contributed by atoms with Gasteiger partial charge in [-0.3, -0.25) is 4.79 Å². The smallest absolute Gasteiger partial charge is 0.240 e. The van der Waals surface area contributed by atoms with Crippen LogP contribution in [0.1, 0.15) is 81.6 Å². The van der Waals surface area contributed by atoms with Crippen LogP contribution in [0, 0.1) is 13.8 Å². The summed E-state index contributed by atoms with van der Waals surface area (Å²) in [4.78, 5) is 12.6. The first-order valence-corrected chi connectivity index (χ1v) is 12.7. The Labute approximate surface area is 220 Å². The fourth-order valence-electron chi connectivity index (χ4n) is 4.40. The lowest BCUT2D eigenvalue weighted by Gasteiger charge is -2.28. The predicted molar refractivity (Wildman–Crippen MR) is 150 cm³/mol. The highest BCUT2D eigenvalue weighted by Crippen LogP contribution is 2.40. The third kappa shape index (κ3) is 6.38. The van der Waals surface area contributed by atoms with Crippen LogP contribution in [0.3, 0.4) is 0 Å². The van der Waals surface area contributed by atoms with Crippen molar-refractivity contribution in [3.63, 3.8) is 0 Å². The molecule has 0 fully saturated rings. The van der Waals surface area contributed by atoms with Gasteiger partial charge in [0, 0.05) is 34.1 Å². The lowest BCUT2D eigenvalue weighted by molar-refractivity contribution is -0.121. The van der Waals surface area contributed by atoms with Crippen LogP contribution in [-0.2, 0) is 22.0 Å². The van der Waals surface area contributed by atoms with Crippen LogP contribution in [0.2, 0.25) is 5.02 Å². The third-order valence-electron chi connectivity index (χ3n) is 6.36. The molecular weight excluding hydrogens is 470 g/mol. The number of nitrogens with zero attached hydrogens (tertiary/aromatic N) is 2. The Kier molecular flexibility index (Phi) is 8.04. The number of amides is 1. The topological polar surface area (TPSA) is 66.6 Å². The van der Waals surface area contributed by atoms with Crippen molar-refractivity contribution in [1.29, 1.82) is 0 Å². The zero-order chi connectivity index (χ0) is 26.8. The summed E-state index contributed by atoms with van der Waals surface area (Å²) in [6, 6.07) is 13.8. The summed E-state index contributed by atoms with van der Waals surface area (Å²) >= 11 is 6.17. The second kappa shape index (κ2) is 10.5. The van der Waals surface area contributed by atoms with Crippen molar-refractivity contribution in [3.8, 4) is 11.4 Å². The number of aromatic nitrogens is 1. The largest absolute Gasteiger partial charge is 0.507 e. The third-order valence-corrected chi connectivity index (χ3v) is 6.59. The molecule has 0 aliphatic rings. The Morgan fingerprint density at radius 1 is 1.03 bits per heavy atom. The first kappa shape index (κ1) is 27.5. The van der Waals surface area contributed by atoms with Gasteiger partial charge in [0.1, 0.15) is 5.75 Å². The molecule has 5 nitrogen and oxygen atoms in total. The SMILES string of the molecule is Cc1cc(/C=N\NC(=O)CCc2cc(C(C)(C)C)c(O)c(C(C)(C)C)c2)c(C)n1-c1cccc(Cl)c1. The van der Waals surface area contributed by atoms with Gasteiger partial charge in [0.25, 0.3) is 0 Å². The molecule has 0 spiro atoms. The average Bonchev–Trinajstić information content (AvgIpc) is 3.04. The minimum absolute atomic E-state index is 0.155. The second-order valence-electron chi connectivity index (χ2n) is 11.5. The van der Waals surface area contributed by atoms with E-state index in [9.17, 15) is 9.90 Å². The Morgan fingerprint density at radius 3 is 2.19 bits per heavy atom. The van der Waals surface area contributed by atoms with Gasteiger partial charge < -0.3 is 9.67 Å². The van der Waals surface area contributed by atoms with E-state index in [1.807, 2.05) is 56.3 Å². The van der Waals surface area contributed by atoms with Gasteiger partial charge in [-0.25, -0.2) is 5.43 Å². The second-order valence-corrected chi connectivity index (χ2v) is 11.9. The van der Waals surface area contributed by atoms with Crippen LogP contribution in [0.4, 0.5) is 0 Å². The molecule has 3 aromatic rings. The number of nitrogens with one attached hydrogen (secondary N) is 1. The minimum atomic E-state index is -0.204. The number of carbonyl (C=O) groups excluding carboxylic acids is 1. The number of rotatable bonds is 6. The van der Waals surface area contributed by atoms with Crippen LogP contribution in [-0.4, -0.2) is 21.8 Å². The first-order chi connectivity index (χ1) is 16.7. The predicted octanol–water partition coefficient (Wildman–Crippen LogP) is 7.13. The normalized spacial score (nSPS) is 12.4. The summed E-state index contributed by atoms with van der Waals surface area (Å²) in [6.07, 6.45) is 2.55. The molecule has 0 saturated carbocycles. The Bertz CT molecular complexity index is 1260. The molecule has 1 amide bonds. The summed E-state index contributed by atoms with van der Waals surface area (Å²) in [5, 5.41) is 15.8. The maximum atomic E-state index is 12.6. The van der Waals surface area contributed by atoms with E-state index >= 15 is 0 Å². The molecule has 0 bridgehead atoms. The lowest BCUT2D eigenvalue weighted by Crippen LogP contribution is -2.20. The molecule has 0 atom stereocenters. The van der Waals surface area contributed by atoms with Gasteiger partial charge in [0.15, 0.2) is 0 Å². The van der Waals surface area contributed by atoms with Crippen molar-refractivity contribution in [2.75, 3.05) is 0 Å². The van der Waals surface area contributed by atoms with Gasteiger partial charge in [-0.15, -0.1) is 0 Å². The van der Waals surface area contributed by atoms with Gasteiger partial charge in [-0.1, -0.05) is 71.3 Å². The molecule has 2 N–H and O–H groups in total. The van der Waals surface area contributed by atoms with Crippen molar-refractivity contribution >= 4 is 23.7 Å². The molecule has 6 heteroatoms. The molecule has 36 heavy (non-hydrogen) atoms. The Morgan fingerprint density at radius 2 is 1.64 bits per heavy atom. The molecule has 1 aromatic heterocycles. The van der Waals surface area contributed by atoms with E-state index < -0.39 is 0 Å². The van der Waals surface area contributed by atoms with Crippen molar-refractivity contribution in [1.82, 2.24) is 9.99 Å². The van der Waals surface area contributed by atoms with Gasteiger partial charge >= 0.3 is 0 Å². The van der Waals surface area contributed by atoms with Crippen molar-refractivity contribution in [2.24, 2.45) is 5.10 Å². The highest BCUT2D eigenvalue weighted by atomic mass is 35.5. The van der Waals surface area contributed by atoms with Crippen LogP contribution in [0.15, 0.2) is 47.6 Å². The molecule has 3 rings (SSSR count). The number of phenols is 1. The van der Waals surface area contributed by atoms with Crippen LogP contribution >= 0.6 is 11.6 Å². The zero-order valence-corrected chi connectivity index (χ0v) is 23.4. The van der Waals surface area contributed by atoms with Gasteiger partial charge in [0.05, 0.1) is 6.21 Å². The molecule has 0 radical (unpaired) electrons. The molecule has 0 unspecified atom stereocenters. The van der Waals surface area contributed by atoms with Crippen LogP contribution in [0.25, 0.3) is 5.69 Å². The van der Waals surface area contributed by atoms with Gasteiger partial charge in [0.2, 0.25) is 5.91 Å². The summed E-state index contributed by atoms with van der Waals surface area (Å²) in [5.41, 5.74) is 9.07. The minimum Gasteiger partial charge on any atom is -0.507 e. The number of phenolic OH excluding ortho intramolecular Hbond substituents is 1. The number of aromatic hydroxyl groups is 1. The zero-order valence-electron chi connectivity index (χ0n) is 22.7. The highest BCUT2D eigenvalue weighted by molar-refractivity contribution is 6.30. The van der Waals surface area contributed by atoms with E-state index in [-0.39, 0.29) is 16.7 Å². The molecular formula is C30H38ClN3O2. The number of aryl methyl sites for hydroxylation is 2. The van der Waals surface area contributed by atoms with Crippen molar-refractivity contribution in [3.05, 3.63) is 81.1 Å². The number of halogens is 1. The number of hydrogen-bond donors (Lipinski definition) is 2. The molecule has 2 aromatic carbocycles. The number of hydrazone groups is 1. The Balaban J connectivity index is 1.71. The van der Waals surface area contributed by atoms with Gasteiger partial charge in [-0.2, -0.15) is 5.10 Å². The summed E-state index contributed by atoms with van der Waals surface area (Å²) in [5.74, 6) is 0.195. The average molecular weight is 508 g/mol. The molecule has 0 saturated heterocycles. The van der Waals surface area contributed by atoms with Crippen LogP contribution in [0.5, 0.6) is 5.75 Å². The Hall–Kier alpha value is -3.05. The standard InChI is InChI=1S/C30H38ClN3O2/c1-19-14-22(20(2)34(19)24-11-9-10-23(31)17-24)18-32-33-27(35)13-12-21-15-25(29(3,4)5)28(36)26(16-21)30(6,7)8/h9-11,14-18,36H,12-13H2,1-8H3,(H,33,35)/b32-18-. The number of carbonyl (C=O) groups is 1. The molecule has 0 aliphatic heterocycles. The van der Waals surface area contributed by atoms with Crippen molar-refractivity contribution in [2.45, 2.75) is 79.1 Å². The molecule has 1 heterocycles. The van der Waals surface area contributed by atoms with E-state index in [0.717, 1.165) is 39.3 Å². The van der Waals surface area contributed by atoms with Crippen molar-refractivity contribution < 1.29 is 9.90 Å². The number of hydrogen-bond acceptors (Lipinski definition) is 3. The van der Waals surface area contributed by atoms with E-state index in [1.165, 1.54) is 0 Å². The maximum absolute atomic E-state index is 12.6. The van der Waals surface area contributed by atoms with E-state index in [4.69, 9.17) is 11.6 Å². The monoisotopic (exact) mass is 507 g/mol. The van der Waals surface area contributed by atoms with E-state index in [0.29, 0.717) is 23.6 Å². The van der Waals surface area contributed by atoms with E-state index in [1.54, 1.807) is 6.21 Å². The fraction of sp³-hybridized carbons (Fsp3) is 0.400. The van der Waals surface area contributed by atoms with Crippen LogP contribution < -0.4 is 5.43 Å². The highest BCUT2D eigenvalue weighted by Gasteiger charge is 2.26.